The Labute approximate surface area is 126 Å². The van der Waals surface area contributed by atoms with Gasteiger partial charge in [0, 0.05) is 30.5 Å². The molecule has 0 unspecified atom stereocenters. The van der Waals surface area contributed by atoms with Crippen molar-refractivity contribution in [3.05, 3.63) is 23.8 Å². The number of nitrogens with two attached hydrogens (primary N) is 2. The van der Waals surface area contributed by atoms with Crippen LogP contribution in [0.3, 0.4) is 0 Å². The first-order valence-electron chi connectivity index (χ1n) is 7.75. The third-order valence-electron chi connectivity index (χ3n) is 4.39. The number of amides is 1. The smallest absolute Gasteiger partial charge is 0.255 e. The molecule has 1 aliphatic heterocycles. The first kappa shape index (κ1) is 15.6. The second-order valence-corrected chi connectivity index (χ2v) is 5.59. The summed E-state index contributed by atoms with van der Waals surface area (Å²) in [5.41, 5.74) is 13.2. The highest BCUT2D eigenvalue weighted by Crippen LogP contribution is 2.22. The zero-order valence-electron chi connectivity index (χ0n) is 13.0. The third-order valence-corrected chi connectivity index (χ3v) is 4.39. The maximum atomic E-state index is 12.5. The topological polar surface area (TPSA) is 75.6 Å². The molecule has 4 N–H and O–H groups in total. The number of nitrogen functional groups attached to an aromatic ring is 2. The maximum absolute atomic E-state index is 12.5. The molecule has 1 aliphatic rings. The number of hydrogen-bond acceptors (Lipinski definition) is 4. The van der Waals surface area contributed by atoms with Crippen molar-refractivity contribution in [2.24, 2.45) is 0 Å². The standard InChI is InChI=1S/C16H26N4O/c1-3-19(4-2)13-7-9-20(10-8-13)16(21)14-6-5-12(17)11-15(14)18/h5-6,11,13H,3-4,7-10,17-18H2,1-2H3. The largest absolute Gasteiger partial charge is 0.399 e. The Hall–Kier alpha value is -1.75. The van der Waals surface area contributed by atoms with E-state index in [-0.39, 0.29) is 5.91 Å². The Morgan fingerprint density at radius 3 is 2.38 bits per heavy atom. The quantitative estimate of drug-likeness (QED) is 0.829. The van der Waals surface area contributed by atoms with Gasteiger partial charge < -0.3 is 21.3 Å². The van der Waals surface area contributed by atoms with Gasteiger partial charge in [-0.15, -0.1) is 0 Å². The van der Waals surface area contributed by atoms with Crippen molar-refractivity contribution in [1.29, 1.82) is 0 Å². The van der Waals surface area contributed by atoms with Crippen LogP contribution in [-0.2, 0) is 0 Å². The van der Waals surface area contributed by atoms with Crippen LogP contribution in [0, 0.1) is 0 Å². The van der Waals surface area contributed by atoms with Crippen LogP contribution < -0.4 is 11.5 Å². The predicted molar refractivity (Wildman–Crippen MR) is 87.1 cm³/mol. The van der Waals surface area contributed by atoms with Gasteiger partial charge in [-0.1, -0.05) is 13.8 Å². The van der Waals surface area contributed by atoms with Crippen LogP contribution in [0.2, 0.25) is 0 Å². The molecule has 0 bridgehead atoms. The Bertz CT molecular complexity index is 491. The molecule has 0 radical (unpaired) electrons. The average molecular weight is 290 g/mol. The molecule has 2 rings (SSSR count). The summed E-state index contributed by atoms with van der Waals surface area (Å²) in [6.07, 6.45) is 2.06. The Balaban J connectivity index is 2.00. The van der Waals surface area contributed by atoms with Gasteiger partial charge in [0.2, 0.25) is 0 Å². The highest BCUT2D eigenvalue weighted by Gasteiger charge is 2.26. The molecule has 1 aromatic rings. The number of likely N-dealkylation sites (tertiary alicyclic amines) is 1. The molecule has 1 saturated heterocycles. The number of nitrogens with zero attached hydrogens (tertiary/aromatic N) is 2. The fourth-order valence-electron chi connectivity index (χ4n) is 3.12. The molecule has 1 fully saturated rings. The van der Waals surface area contributed by atoms with E-state index in [1.807, 2.05) is 4.90 Å². The van der Waals surface area contributed by atoms with Crippen molar-refractivity contribution >= 4 is 17.3 Å². The van der Waals surface area contributed by atoms with Crippen LogP contribution in [0.1, 0.15) is 37.0 Å². The van der Waals surface area contributed by atoms with E-state index in [4.69, 9.17) is 11.5 Å². The average Bonchev–Trinajstić information content (AvgIpc) is 2.48. The van der Waals surface area contributed by atoms with Crippen molar-refractivity contribution in [2.45, 2.75) is 32.7 Å². The summed E-state index contributed by atoms with van der Waals surface area (Å²) in [4.78, 5) is 16.9. The van der Waals surface area contributed by atoms with E-state index in [1.54, 1.807) is 18.2 Å². The van der Waals surface area contributed by atoms with E-state index >= 15 is 0 Å². The summed E-state index contributed by atoms with van der Waals surface area (Å²) in [6.45, 7) is 8.11. The predicted octanol–water partition coefficient (Wildman–Crippen LogP) is 1.80. The second-order valence-electron chi connectivity index (χ2n) is 5.59. The van der Waals surface area contributed by atoms with Crippen molar-refractivity contribution in [3.8, 4) is 0 Å². The summed E-state index contributed by atoms with van der Waals surface area (Å²) in [5, 5.41) is 0. The first-order chi connectivity index (χ1) is 10.1. The summed E-state index contributed by atoms with van der Waals surface area (Å²) < 4.78 is 0. The number of rotatable bonds is 4. The number of piperidine rings is 1. The molecule has 116 valence electrons. The van der Waals surface area contributed by atoms with Crippen LogP contribution in [0.4, 0.5) is 11.4 Å². The molecule has 5 heteroatoms. The number of benzene rings is 1. The zero-order valence-corrected chi connectivity index (χ0v) is 13.0. The van der Waals surface area contributed by atoms with Crippen LogP contribution in [-0.4, -0.2) is 47.9 Å². The van der Waals surface area contributed by atoms with Gasteiger partial charge in [-0.3, -0.25) is 4.79 Å². The third kappa shape index (κ3) is 3.47. The van der Waals surface area contributed by atoms with Gasteiger partial charge >= 0.3 is 0 Å². The maximum Gasteiger partial charge on any atom is 0.255 e. The monoisotopic (exact) mass is 290 g/mol. The van der Waals surface area contributed by atoms with Crippen molar-refractivity contribution in [1.82, 2.24) is 9.80 Å². The van der Waals surface area contributed by atoms with Crippen LogP contribution >= 0.6 is 0 Å². The second kappa shape index (κ2) is 6.80. The lowest BCUT2D eigenvalue weighted by atomic mass is 10.0. The SMILES string of the molecule is CCN(CC)C1CCN(C(=O)c2ccc(N)cc2N)CC1. The molecule has 0 spiro atoms. The number of carbonyl (C=O) groups excluding carboxylic acids is 1. The molecular formula is C16H26N4O. The minimum absolute atomic E-state index is 0.0190. The number of hydrogen-bond donors (Lipinski definition) is 2. The van der Waals surface area contributed by atoms with E-state index < -0.39 is 0 Å². The van der Waals surface area contributed by atoms with E-state index in [1.165, 1.54) is 0 Å². The number of carbonyl (C=O) groups is 1. The minimum atomic E-state index is 0.0190. The fraction of sp³-hybridized carbons (Fsp3) is 0.562. The fourth-order valence-corrected chi connectivity index (χ4v) is 3.12. The van der Waals surface area contributed by atoms with Crippen LogP contribution in [0.5, 0.6) is 0 Å². The zero-order chi connectivity index (χ0) is 15.4. The van der Waals surface area contributed by atoms with E-state index in [0.29, 0.717) is 23.0 Å². The lowest BCUT2D eigenvalue weighted by Crippen LogP contribution is -2.46. The highest BCUT2D eigenvalue weighted by molar-refractivity contribution is 5.99. The van der Waals surface area contributed by atoms with Crippen LogP contribution in [0.25, 0.3) is 0 Å². The van der Waals surface area contributed by atoms with E-state index in [9.17, 15) is 4.79 Å². The van der Waals surface area contributed by atoms with Gasteiger partial charge in [-0.25, -0.2) is 0 Å². The summed E-state index contributed by atoms with van der Waals surface area (Å²) >= 11 is 0. The minimum Gasteiger partial charge on any atom is -0.399 e. The Kier molecular flexibility index (Phi) is 5.07. The molecule has 1 amide bonds. The molecule has 21 heavy (non-hydrogen) atoms. The molecule has 0 atom stereocenters. The van der Waals surface area contributed by atoms with Crippen molar-refractivity contribution < 1.29 is 4.79 Å². The summed E-state index contributed by atoms with van der Waals surface area (Å²) in [6, 6.07) is 5.69. The van der Waals surface area contributed by atoms with Crippen molar-refractivity contribution in [2.75, 3.05) is 37.6 Å². The van der Waals surface area contributed by atoms with Gasteiger partial charge in [-0.2, -0.15) is 0 Å². The van der Waals surface area contributed by atoms with Gasteiger partial charge in [0.05, 0.1) is 5.56 Å². The number of anilines is 2. The van der Waals surface area contributed by atoms with Gasteiger partial charge in [0.25, 0.3) is 5.91 Å². The van der Waals surface area contributed by atoms with E-state index in [0.717, 1.165) is 39.0 Å². The van der Waals surface area contributed by atoms with Crippen molar-refractivity contribution in [3.63, 3.8) is 0 Å². The lowest BCUT2D eigenvalue weighted by Gasteiger charge is -2.37. The molecule has 0 aromatic heterocycles. The van der Waals surface area contributed by atoms with Gasteiger partial charge in [0.1, 0.15) is 0 Å². The lowest BCUT2D eigenvalue weighted by molar-refractivity contribution is 0.0632. The highest BCUT2D eigenvalue weighted by atomic mass is 16.2. The summed E-state index contributed by atoms with van der Waals surface area (Å²) in [5.74, 6) is 0.0190. The Morgan fingerprint density at radius 2 is 1.86 bits per heavy atom. The molecule has 0 saturated carbocycles. The molecular weight excluding hydrogens is 264 g/mol. The summed E-state index contributed by atoms with van der Waals surface area (Å²) in [7, 11) is 0. The van der Waals surface area contributed by atoms with Gasteiger partial charge in [-0.05, 0) is 44.1 Å². The van der Waals surface area contributed by atoms with Gasteiger partial charge in [0.15, 0.2) is 0 Å². The molecule has 1 aromatic carbocycles. The molecule has 1 heterocycles. The van der Waals surface area contributed by atoms with Crippen LogP contribution in [0.15, 0.2) is 18.2 Å². The molecule has 0 aliphatic carbocycles. The Morgan fingerprint density at radius 1 is 1.24 bits per heavy atom. The normalized spacial score (nSPS) is 16.4. The van der Waals surface area contributed by atoms with E-state index in [2.05, 4.69) is 18.7 Å². The molecule has 5 nitrogen and oxygen atoms in total. The first-order valence-corrected chi connectivity index (χ1v) is 7.75.